The fourth-order valence-electron chi connectivity index (χ4n) is 1.31. The lowest BCUT2D eigenvalue weighted by molar-refractivity contribution is -0.806. The molecule has 0 aliphatic carbocycles. The van der Waals surface area contributed by atoms with Crippen LogP contribution in [0.3, 0.4) is 0 Å². The maximum atomic E-state index is 10.8. The van der Waals surface area contributed by atoms with Crippen molar-refractivity contribution in [3.8, 4) is 5.75 Å². The van der Waals surface area contributed by atoms with Crippen molar-refractivity contribution in [1.29, 1.82) is 0 Å². The number of nitro benzene ring substituents is 1. The third-order valence-corrected chi connectivity index (χ3v) is 2.13. The number of benzene rings is 1. The van der Waals surface area contributed by atoms with Gasteiger partial charge in [-0.15, -0.1) is 20.2 Å². The lowest BCUT2D eigenvalue weighted by Crippen LogP contribution is -2.37. The van der Waals surface area contributed by atoms with Crippen LogP contribution in [-0.2, 0) is 9.68 Å². The lowest BCUT2D eigenvalue weighted by atomic mass is 10.3. The van der Waals surface area contributed by atoms with E-state index in [0.29, 0.717) is 0 Å². The van der Waals surface area contributed by atoms with Crippen LogP contribution in [0.1, 0.15) is 6.92 Å². The molecule has 1 rings (SSSR count). The van der Waals surface area contributed by atoms with E-state index in [2.05, 4.69) is 9.68 Å². The average molecular weight is 303 g/mol. The lowest BCUT2D eigenvalue weighted by Gasteiger charge is -2.21. The van der Waals surface area contributed by atoms with Crippen molar-refractivity contribution in [2.24, 2.45) is 0 Å². The molecular formula is C9H9N3O9. The molecule has 0 aromatic heterocycles. The highest BCUT2D eigenvalue weighted by Crippen LogP contribution is 2.27. The smallest absolute Gasteiger partial charge is 0.311 e. The van der Waals surface area contributed by atoms with Crippen molar-refractivity contribution in [3.63, 3.8) is 0 Å². The fourth-order valence-corrected chi connectivity index (χ4v) is 1.31. The van der Waals surface area contributed by atoms with Crippen LogP contribution in [0.4, 0.5) is 5.69 Å². The Hall–Kier alpha value is -3.18. The molecule has 21 heavy (non-hydrogen) atoms. The Morgan fingerprint density at radius 2 is 1.57 bits per heavy atom. The van der Waals surface area contributed by atoms with Gasteiger partial charge < -0.3 is 9.57 Å². The normalized spacial score (nSPS) is 12.8. The second-order valence-corrected chi connectivity index (χ2v) is 3.57. The molecule has 0 saturated heterocycles. The standard InChI is InChI=1S/C9H9N3O9/c1-6(20-11(15)16)9(21-12(17)18)19-8-5-3-2-4-7(8)10(13)14/h2-6,9H,1H3. The molecule has 0 amide bonds. The van der Waals surface area contributed by atoms with Gasteiger partial charge in [0.25, 0.3) is 16.5 Å². The van der Waals surface area contributed by atoms with Crippen molar-refractivity contribution in [2.45, 2.75) is 19.3 Å². The first-order chi connectivity index (χ1) is 9.81. The van der Waals surface area contributed by atoms with Crippen LogP contribution in [0.5, 0.6) is 5.75 Å². The van der Waals surface area contributed by atoms with Crippen molar-refractivity contribution in [2.75, 3.05) is 0 Å². The van der Waals surface area contributed by atoms with Crippen molar-refractivity contribution in [3.05, 3.63) is 54.6 Å². The molecule has 1 aromatic carbocycles. The Kier molecular flexibility index (Phi) is 5.17. The molecule has 0 radical (unpaired) electrons. The van der Waals surface area contributed by atoms with Crippen LogP contribution in [0.25, 0.3) is 0 Å². The Morgan fingerprint density at radius 3 is 2.10 bits per heavy atom. The molecule has 114 valence electrons. The maximum Gasteiger partial charge on any atom is 0.311 e. The largest absolute Gasteiger partial charge is 0.455 e. The summed E-state index contributed by atoms with van der Waals surface area (Å²) < 4.78 is 4.95. The number of hydrogen-bond donors (Lipinski definition) is 0. The highest BCUT2D eigenvalue weighted by Gasteiger charge is 2.29. The monoisotopic (exact) mass is 303 g/mol. The molecule has 0 aliphatic heterocycles. The number of nitro groups is 1. The minimum Gasteiger partial charge on any atom is -0.455 e. The predicted molar refractivity (Wildman–Crippen MR) is 63.1 cm³/mol. The van der Waals surface area contributed by atoms with E-state index in [-0.39, 0.29) is 5.75 Å². The van der Waals surface area contributed by atoms with Gasteiger partial charge in [-0.2, -0.15) is 0 Å². The Bertz CT molecular complexity index is 549. The van der Waals surface area contributed by atoms with Crippen LogP contribution < -0.4 is 4.74 Å². The van der Waals surface area contributed by atoms with Crippen LogP contribution in [-0.4, -0.2) is 27.5 Å². The second kappa shape index (κ2) is 6.83. The quantitative estimate of drug-likeness (QED) is 0.389. The first-order valence-corrected chi connectivity index (χ1v) is 5.33. The molecule has 0 heterocycles. The summed E-state index contributed by atoms with van der Waals surface area (Å²) >= 11 is 0. The van der Waals surface area contributed by atoms with E-state index in [4.69, 9.17) is 4.74 Å². The van der Waals surface area contributed by atoms with Gasteiger partial charge in [-0.1, -0.05) is 12.1 Å². The van der Waals surface area contributed by atoms with E-state index >= 15 is 0 Å². The predicted octanol–water partition coefficient (Wildman–Crippen LogP) is 1.10. The SMILES string of the molecule is CC(O[N+](=O)[O-])C(Oc1ccccc1[N+](=O)[O-])O[N+](=O)[O-]. The topological polar surface area (TPSA) is 157 Å². The van der Waals surface area contributed by atoms with Crippen LogP contribution >= 0.6 is 0 Å². The molecular weight excluding hydrogens is 294 g/mol. The van der Waals surface area contributed by atoms with Crippen molar-refractivity contribution >= 4 is 5.69 Å². The van der Waals surface area contributed by atoms with E-state index in [1.807, 2.05) is 0 Å². The fraction of sp³-hybridized carbons (Fsp3) is 0.333. The Morgan fingerprint density at radius 1 is 1.00 bits per heavy atom. The number of para-hydroxylation sites is 2. The van der Waals surface area contributed by atoms with E-state index < -0.39 is 33.2 Å². The third-order valence-electron chi connectivity index (χ3n) is 2.13. The highest BCUT2D eigenvalue weighted by atomic mass is 17.0. The van der Waals surface area contributed by atoms with Gasteiger partial charge >= 0.3 is 5.69 Å². The number of nitrogens with zero attached hydrogens (tertiary/aromatic N) is 3. The Labute approximate surface area is 116 Å². The van der Waals surface area contributed by atoms with Gasteiger partial charge in [-0.05, 0) is 13.0 Å². The molecule has 2 unspecified atom stereocenters. The van der Waals surface area contributed by atoms with Crippen molar-refractivity contribution < 1.29 is 29.5 Å². The Balaban J connectivity index is 2.98. The van der Waals surface area contributed by atoms with Gasteiger partial charge in [-0.3, -0.25) is 15.0 Å². The zero-order valence-corrected chi connectivity index (χ0v) is 10.5. The molecule has 12 nitrogen and oxygen atoms in total. The summed E-state index contributed by atoms with van der Waals surface area (Å²) in [5.74, 6) is -0.354. The van der Waals surface area contributed by atoms with Crippen LogP contribution in [0.2, 0.25) is 0 Å². The number of hydrogen-bond acceptors (Lipinski definition) is 9. The maximum absolute atomic E-state index is 10.8. The molecule has 0 N–H and O–H groups in total. The molecule has 0 saturated carbocycles. The molecule has 0 spiro atoms. The van der Waals surface area contributed by atoms with Gasteiger partial charge in [0.1, 0.15) is 0 Å². The zero-order chi connectivity index (χ0) is 16.0. The summed E-state index contributed by atoms with van der Waals surface area (Å²) in [7, 11) is 0. The van der Waals surface area contributed by atoms with Crippen LogP contribution in [0.15, 0.2) is 24.3 Å². The highest BCUT2D eigenvalue weighted by molar-refractivity contribution is 5.45. The van der Waals surface area contributed by atoms with Gasteiger partial charge in [0, 0.05) is 6.07 Å². The van der Waals surface area contributed by atoms with E-state index in [9.17, 15) is 30.3 Å². The molecule has 12 heteroatoms. The second-order valence-electron chi connectivity index (χ2n) is 3.57. The molecule has 0 bridgehead atoms. The summed E-state index contributed by atoms with van der Waals surface area (Å²) in [6.45, 7) is 1.08. The summed E-state index contributed by atoms with van der Waals surface area (Å²) in [5, 5.41) is 28.9. The first-order valence-electron chi connectivity index (χ1n) is 5.33. The zero-order valence-electron chi connectivity index (χ0n) is 10.5. The van der Waals surface area contributed by atoms with E-state index in [1.165, 1.54) is 12.1 Å². The van der Waals surface area contributed by atoms with Crippen LogP contribution in [0, 0.1) is 30.3 Å². The minimum absolute atomic E-state index is 0.354. The van der Waals surface area contributed by atoms with Crippen molar-refractivity contribution in [1.82, 2.24) is 0 Å². The molecule has 2 atom stereocenters. The minimum atomic E-state index is -1.86. The summed E-state index contributed by atoms with van der Waals surface area (Å²) in [6.07, 6.45) is -3.35. The number of rotatable bonds is 8. The molecule has 1 aromatic rings. The van der Waals surface area contributed by atoms with Gasteiger partial charge in [-0.25, -0.2) is 0 Å². The van der Waals surface area contributed by atoms with Gasteiger partial charge in [0.15, 0.2) is 11.9 Å². The summed E-state index contributed by atoms with van der Waals surface area (Å²) in [5.41, 5.74) is -0.484. The summed E-state index contributed by atoms with van der Waals surface area (Å²) in [6, 6.07) is 4.99. The average Bonchev–Trinajstić information content (AvgIpc) is 2.37. The van der Waals surface area contributed by atoms with E-state index in [0.717, 1.165) is 19.1 Å². The van der Waals surface area contributed by atoms with E-state index in [1.54, 1.807) is 0 Å². The molecule has 0 fully saturated rings. The van der Waals surface area contributed by atoms with Gasteiger partial charge in [0.2, 0.25) is 0 Å². The number of ether oxygens (including phenoxy) is 1. The summed E-state index contributed by atoms with van der Waals surface area (Å²) in [4.78, 5) is 38.8. The van der Waals surface area contributed by atoms with Gasteiger partial charge in [0.05, 0.1) is 4.92 Å². The molecule has 0 aliphatic rings. The first kappa shape index (κ1) is 15.9. The third kappa shape index (κ3) is 4.77.